The second-order valence-electron chi connectivity index (χ2n) is 5.19. The minimum atomic E-state index is -0.918. The van der Waals surface area contributed by atoms with E-state index >= 15 is 0 Å². The molecule has 0 aliphatic carbocycles. The van der Waals surface area contributed by atoms with Crippen molar-refractivity contribution >= 4 is 16.7 Å². The molecule has 0 radical (unpaired) electrons. The lowest BCUT2D eigenvalue weighted by Crippen LogP contribution is -2.03. The maximum absolute atomic E-state index is 11.4. The van der Waals surface area contributed by atoms with Crippen molar-refractivity contribution in [2.75, 3.05) is 7.11 Å². The Labute approximate surface area is 128 Å². The normalized spacial score (nSPS) is 10.6. The molecule has 110 valence electrons. The highest BCUT2D eigenvalue weighted by molar-refractivity contribution is 5.90. The Bertz CT molecular complexity index is 837. The molecule has 0 bridgehead atoms. The summed E-state index contributed by atoms with van der Waals surface area (Å²) >= 11 is 0. The molecule has 3 rings (SSSR count). The molecule has 22 heavy (non-hydrogen) atoms. The molecular weight excluding hydrogens is 276 g/mol. The van der Waals surface area contributed by atoms with Crippen molar-refractivity contribution in [2.24, 2.45) is 0 Å². The van der Waals surface area contributed by atoms with Crippen molar-refractivity contribution in [3.05, 3.63) is 77.4 Å². The summed E-state index contributed by atoms with van der Waals surface area (Å²) in [6, 6.07) is 19.4. The van der Waals surface area contributed by atoms with Crippen LogP contribution < -0.4 is 4.74 Å². The smallest absolute Gasteiger partial charge is 0.335 e. The number of carboxylic acids is 1. The van der Waals surface area contributed by atoms with Crippen LogP contribution in [0, 0.1) is 0 Å². The standard InChI is InChI=1S/C19H16O3/c1-22-17-8-9-18(19(20)21)16(12-17)11-13-6-7-14-4-2-3-5-15(14)10-13/h2-10,12H,11H2,1H3,(H,20,21). The van der Waals surface area contributed by atoms with Crippen molar-refractivity contribution in [1.29, 1.82) is 0 Å². The number of ether oxygens (including phenoxy) is 1. The summed E-state index contributed by atoms with van der Waals surface area (Å²) in [5, 5.41) is 11.7. The van der Waals surface area contributed by atoms with Gasteiger partial charge >= 0.3 is 5.97 Å². The number of benzene rings is 3. The fraction of sp³-hybridized carbons (Fsp3) is 0.105. The van der Waals surface area contributed by atoms with Gasteiger partial charge in [-0.1, -0.05) is 42.5 Å². The summed E-state index contributed by atoms with van der Waals surface area (Å²) in [5.74, 6) is -0.251. The third kappa shape index (κ3) is 2.79. The van der Waals surface area contributed by atoms with E-state index in [4.69, 9.17) is 4.74 Å². The Hall–Kier alpha value is -2.81. The second kappa shape index (κ2) is 5.90. The number of rotatable bonds is 4. The van der Waals surface area contributed by atoms with Gasteiger partial charge in [0.1, 0.15) is 5.75 Å². The molecule has 0 fully saturated rings. The largest absolute Gasteiger partial charge is 0.497 e. The molecule has 3 nitrogen and oxygen atoms in total. The third-order valence-electron chi connectivity index (χ3n) is 3.75. The predicted octanol–water partition coefficient (Wildman–Crippen LogP) is 4.14. The van der Waals surface area contributed by atoms with Crippen LogP contribution in [0.5, 0.6) is 5.75 Å². The maximum atomic E-state index is 11.4. The molecule has 0 atom stereocenters. The number of carboxylic acid groups (broad SMARTS) is 1. The molecule has 1 N–H and O–H groups in total. The van der Waals surface area contributed by atoms with E-state index in [0.717, 1.165) is 16.5 Å². The Morgan fingerprint density at radius 1 is 1.00 bits per heavy atom. The van der Waals surface area contributed by atoms with Gasteiger partial charge in [-0.2, -0.15) is 0 Å². The van der Waals surface area contributed by atoms with E-state index in [0.29, 0.717) is 17.7 Å². The first-order valence-corrected chi connectivity index (χ1v) is 7.05. The number of carbonyl (C=O) groups is 1. The predicted molar refractivity (Wildman–Crippen MR) is 86.7 cm³/mol. The summed E-state index contributed by atoms with van der Waals surface area (Å²) in [6.07, 6.45) is 0.559. The van der Waals surface area contributed by atoms with Gasteiger partial charge < -0.3 is 9.84 Å². The van der Waals surface area contributed by atoms with Gasteiger partial charge in [0, 0.05) is 0 Å². The SMILES string of the molecule is COc1ccc(C(=O)O)c(Cc2ccc3ccccc3c2)c1. The monoisotopic (exact) mass is 292 g/mol. The quantitative estimate of drug-likeness (QED) is 0.786. The molecule has 0 amide bonds. The van der Waals surface area contributed by atoms with Gasteiger partial charge in [-0.05, 0) is 46.5 Å². The number of fused-ring (bicyclic) bond motifs is 1. The van der Waals surface area contributed by atoms with Gasteiger partial charge in [-0.3, -0.25) is 0 Å². The number of hydrogen-bond donors (Lipinski definition) is 1. The van der Waals surface area contributed by atoms with E-state index < -0.39 is 5.97 Å². The minimum Gasteiger partial charge on any atom is -0.497 e. The summed E-state index contributed by atoms with van der Waals surface area (Å²) < 4.78 is 5.20. The summed E-state index contributed by atoms with van der Waals surface area (Å²) in [7, 11) is 1.58. The Balaban J connectivity index is 2.01. The van der Waals surface area contributed by atoms with Gasteiger partial charge in [0.15, 0.2) is 0 Å². The first-order chi connectivity index (χ1) is 10.7. The highest BCUT2D eigenvalue weighted by Gasteiger charge is 2.12. The summed E-state index contributed by atoms with van der Waals surface area (Å²) in [4.78, 5) is 11.4. The molecule has 0 saturated heterocycles. The molecule has 0 aromatic heterocycles. The Morgan fingerprint density at radius 2 is 1.77 bits per heavy atom. The van der Waals surface area contributed by atoms with Crippen molar-refractivity contribution in [3.8, 4) is 5.75 Å². The average Bonchev–Trinajstić information content (AvgIpc) is 2.54. The molecule has 0 saturated carbocycles. The topological polar surface area (TPSA) is 46.5 Å². The average molecular weight is 292 g/mol. The molecule has 3 aromatic carbocycles. The fourth-order valence-electron chi connectivity index (χ4n) is 2.62. The van der Waals surface area contributed by atoms with Crippen LogP contribution in [0.1, 0.15) is 21.5 Å². The molecule has 0 heterocycles. The van der Waals surface area contributed by atoms with Crippen LogP contribution in [-0.2, 0) is 6.42 Å². The molecular formula is C19H16O3. The van der Waals surface area contributed by atoms with Crippen molar-refractivity contribution in [3.63, 3.8) is 0 Å². The van der Waals surface area contributed by atoms with Crippen LogP contribution in [0.4, 0.5) is 0 Å². The van der Waals surface area contributed by atoms with E-state index in [1.165, 1.54) is 5.39 Å². The van der Waals surface area contributed by atoms with Crippen molar-refractivity contribution < 1.29 is 14.6 Å². The lowest BCUT2D eigenvalue weighted by atomic mass is 9.97. The van der Waals surface area contributed by atoms with Crippen molar-refractivity contribution in [1.82, 2.24) is 0 Å². The highest BCUT2D eigenvalue weighted by Crippen LogP contribution is 2.23. The zero-order valence-corrected chi connectivity index (χ0v) is 12.2. The van der Waals surface area contributed by atoms with Crippen LogP contribution >= 0.6 is 0 Å². The van der Waals surface area contributed by atoms with Gasteiger partial charge in [0.05, 0.1) is 12.7 Å². The van der Waals surface area contributed by atoms with E-state index in [9.17, 15) is 9.90 Å². The van der Waals surface area contributed by atoms with Crippen LogP contribution in [0.2, 0.25) is 0 Å². The van der Waals surface area contributed by atoms with Gasteiger partial charge in [0.25, 0.3) is 0 Å². The molecule has 3 aromatic rings. The third-order valence-corrected chi connectivity index (χ3v) is 3.75. The Kier molecular flexibility index (Phi) is 3.79. The molecule has 3 heteroatoms. The molecule has 0 aliphatic rings. The van der Waals surface area contributed by atoms with Gasteiger partial charge in [-0.15, -0.1) is 0 Å². The molecule has 0 spiro atoms. The van der Waals surface area contributed by atoms with E-state index in [1.807, 2.05) is 18.2 Å². The van der Waals surface area contributed by atoms with Crippen molar-refractivity contribution in [2.45, 2.75) is 6.42 Å². The van der Waals surface area contributed by atoms with Crippen LogP contribution in [0.15, 0.2) is 60.7 Å². The van der Waals surface area contributed by atoms with Crippen LogP contribution in [0.3, 0.4) is 0 Å². The first-order valence-electron chi connectivity index (χ1n) is 7.05. The summed E-state index contributed by atoms with van der Waals surface area (Å²) in [6.45, 7) is 0. The zero-order chi connectivity index (χ0) is 15.5. The fourth-order valence-corrected chi connectivity index (χ4v) is 2.62. The lowest BCUT2D eigenvalue weighted by Gasteiger charge is -2.09. The number of hydrogen-bond acceptors (Lipinski definition) is 2. The lowest BCUT2D eigenvalue weighted by molar-refractivity contribution is 0.0696. The number of methoxy groups -OCH3 is 1. The first kappa shape index (κ1) is 14.1. The van der Waals surface area contributed by atoms with E-state index in [1.54, 1.807) is 25.3 Å². The van der Waals surface area contributed by atoms with Crippen LogP contribution in [0.25, 0.3) is 10.8 Å². The minimum absolute atomic E-state index is 0.314. The molecule has 0 aliphatic heterocycles. The van der Waals surface area contributed by atoms with Crippen LogP contribution in [-0.4, -0.2) is 18.2 Å². The second-order valence-corrected chi connectivity index (χ2v) is 5.19. The van der Waals surface area contributed by atoms with Gasteiger partial charge in [0.2, 0.25) is 0 Å². The zero-order valence-electron chi connectivity index (χ0n) is 12.2. The van der Waals surface area contributed by atoms with Gasteiger partial charge in [-0.25, -0.2) is 4.79 Å². The summed E-state index contributed by atoms with van der Waals surface area (Å²) in [5.41, 5.74) is 2.14. The van der Waals surface area contributed by atoms with E-state index in [2.05, 4.69) is 24.3 Å². The number of aromatic carboxylic acids is 1. The maximum Gasteiger partial charge on any atom is 0.335 e. The molecule has 0 unspecified atom stereocenters. The highest BCUT2D eigenvalue weighted by atomic mass is 16.5. The van der Waals surface area contributed by atoms with E-state index in [-0.39, 0.29) is 0 Å². The Morgan fingerprint density at radius 3 is 2.50 bits per heavy atom.